The summed E-state index contributed by atoms with van der Waals surface area (Å²) in [5.41, 5.74) is 14.3. The summed E-state index contributed by atoms with van der Waals surface area (Å²) >= 11 is 0. The maximum Gasteiger partial charge on any atom is 0.271 e. The first-order valence-corrected chi connectivity index (χ1v) is 12.2. The van der Waals surface area contributed by atoms with Crippen LogP contribution < -0.4 is 21.9 Å². The Labute approximate surface area is 224 Å². The van der Waals surface area contributed by atoms with Crippen LogP contribution in [0.15, 0.2) is 64.9 Å². The number of terminal acetylenes is 1. The van der Waals surface area contributed by atoms with E-state index in [0.29, 0.717) is 31.5 Å². The molecule has 0 saturated heterocycles. The van der Waals surface area contributed by atoms with Gasteiger partial charge >= 0.3 is 0 Å². The number of likely N-dealkylation sites (N-methyl/N-ethyl adjacent to an activating group) is 1. The summed E-state index contributed by atoms with van der Waals surface area (Å²) < 4.78 is 0. The van der Waals surface area contributed by atoms with Gasteiger partial charge in [-0.25, -0.2) is 9.98 Å². The van der Waals surface area contributed by atoms with Crippen LogP contribution >= 0.6 is 0 Å². The van der Waals surface area contributed by atoms with E-state index in [2.05, 4.69) is 62.0 Å². The largest absolute Gasteiger partial charge is 0.337 e. The Morgan fingerprint density at radius 3 is 3.00 bits per heavy atom. The van der Waals surface area contributed by atoms with E-state index in [9.17, 15) is 10.1 Å². The Kier molecular flexibility index (Phi) is 12.7. The van der Waals surface area contributed by atoms with Crippen molar-refractivity contribution in [1.29, 1.82) is 5.26 Å². The monoisotopic (exact) mass is 513 g/mol. The highest BCUT2D eigenvalue weighted by Gasteiger charge is 2.12. The van der Waals surface area contributed by atoms with Crippen LogP contribution in [0.2, 0.25) is 0 Å². The van der Waals surface area contributed by atoms with Crippen molar-refractivity contribution < 1.29 is 4.79 Å². The Hall–Kier alpha value is -4.51. The van der Waals surface area contributed by atoms with Gasteiger partial charge in [0.05, 0.1) is 12.9 Å². The highest BCUT2D eigenvalue weighted by atomic mass is 16.2. The molecule has 1 aromatic heterocycles. The number of aliphatic imine (C=N–C) groups is 2. The fourth-order valence-electron chi connectivity index (χ4n) is 3.56. The summed E-state index contributed by atoms with van der Waals surface area (Å²) in [6.45, 7) is 7.36. The number of rotatable bonds is 13. The zero-order valence-corrected chi connectivity index (χ0v) is 21.9. The number of pyridine rings is 1. The van der Waals surface area contributed by atoms with E-state index >= 15 is 0 Å². The number of carbonyl (C=O) groups is 1. The number of anilines is 1. The third kappa shape index (κ3) is 9.51. The van der Waals surface area contributed by atoms with Gasteiger partial charge in [-0.2, -0.15) is 5.26 Å². The molecule has 0 bridgehead atoms. The number of nitrogens with two attached hydrogens (primary N) is 1. The van der Waals surface area contributed by atoms with E-state index in [-0.39, 0.29) is 17.3 Å². The topological polar surface area (TPSA) is 144 Å². The molecule has 1 amide bonds. The smallest absolute Gasteiger partial charge is 0.271 e. The summed E-state index contributed by atoms with van der Waals surface area (Å²) in [6.07, 6.45) is 20.4. The first kappa shape index (κ1) is 29.7. The van der Waals surface area contributed by atoms with Gasteiger partial charge in [0.15, 0.2) is 5.71 Å². The number of hydrogen-bond acceptors (Lipinski definition) is 9. The average molecular weight is 514 g/mol. The second kappa shape index (κ2) is 16.3. The summed E-state index contributed by atoms with van der Waals surface area (Å²) in [5, 5.41) is 12.6. The van der Waals surface area contributed by atoms with Gasteiger partial charge in [-0.05, 0) is 37.3 Å². The minimum atomic E-state index is -0.348. The van der Waals surface area contributed by atoms with Crippen LogP contribution in [0, 0.1) is 29.7 Å². The molecule has 1 atom stereocenters. The molecule has 0 spiro atoms. The molecule has 1 aliphatic rings. The minimum absolute atomic E-state index is 0.0104. The highest BCUT2D eigenvalue weighted by Crippen LogP contribution is 2.25. The fraction of sp³-hybridized carbons (Fsp3) is 0.321. The Balaban J connectivity index is 1.88. The quantitative estimate of drug-likeness (QED) is 0.0603. The lowest BCUT2D eigenvalue weighted by atomic mass is 10.0. The molecule has 0 radical (unpaired) electrons. The zero-order valence-electron chi connectivity index (χ0n) is 21.9. The lowest BCUT2D eigenvalue weighted by Gasteiger charge is -2.14. The van der Waals surface area contributed by atoms with Crippen molar-refractivity contribution in [3.05, 3.63) is 66.0 Å². The predicted molar refractivity (Wildman–Crippen MR) is 154 cm³/mol. The lowest BCUT2D eigenvalue weighted by Crippen LogP contribution is -2.27. The zero-order chi connectivity index (χ0) is 27.8. The molecule has 0 aliphatic heterocycles. The lowest BCUT2D eigenvalue weighted by molar-refractivity contribution is -0.125. The molecule has 38 heavy (non-hydrogen) atoms. The van der Waals surface area contributed by atoms with Gasteiger partial charge in [0, 0.05) is 50.1 Å². The molecule has 10 heteroatoms. The number of amides is 1. The van der Waals surface area contributed by atoms with Crippen molar-refractivity contribution in [2.75, 3.05) is 32.2 Å². The summed E-state index contributed by atoms with van der Waals surface area (Å²) in [4.78, 5) is 26.4. The molecule has 0 aromatic carbocycles. The van der Waals surface area contributed by atoms with Gasteiger partial charge in [0.1, 0.15) is 17.6 Å². The van der Waals surface area contributed by atoms with Crippen molar-refractivity contribution >= 4 is 29.2 Å². The van der Waals surface area contributed by atoms with Crippen molar-refractivity contribution in [2.45, 2.75) is 26.3 Å². The van der Waals surface area contributed by atoms with Crippen molar-refractivity contribution in [1.82, 2.24) is 20.6 Å². The molecular formula is C28H35N9O. The van der Waals surface area contributed by atoms with Gasteiger partial charge in [0.25, 0.3) is 5.91 Å². The Morgan fingerprint density at radius 1 is 1.47 bits per heavy atom. The normalized spacial score (nSPS) is 15.4. The van der Waals surface area contributed by atoms with Crippen molar-refractivity contribution in [3.8, 4) is 18.5 Å². The molecule has 0 saturated carbocycles. The van der Waals surface area contributed by atoms with E-state index in [0.717, 1.165) is 36.1 Å². The first-order chi connectivity index (χ1) is 18.4. The SMILES string of the molecule is C#CNNc1ncc(C2=CCCC(CNC/N=C\C(C#N)=N/C(=C)C(=O)N(C)C/C=C/C)C=C2)cc1CN. The number of hydrazine groups is 1. The van der Waals surface area contributed by atoms with Crippen LogP contribution in [-0.2, 0) is 11.3 Å². The van der Waals surface area contributed by atoms with Crippen molar-refractivity contribution in [3.63, 3.8) is 0 Å². The second-order valence-electron chi connectivity index (χ2n) is 8.42. The number of nitriles is 1. The van der Waals surface area contributed by atoms with Gasteiger partial charge < -0.3 is 10.6 Å². The summed E-state index contributed by atoms with van der Waals surface area (Å²) in [5.74, 6) is 0.571. The number of nitrogens with zero attached hydrogens (tertiary/aromatic N) is 5. The van der Waals surface area contributed by atoms with Gasteiger partial charge in [-0.15, -0.1) is 0 Å². The molecule has 1 unspecified atom stereocenters. The first-order valence-electron chi connectivity index (χ1n) is 12.2. The molecule has 10 nitrogen and oxygen atoms in total. The Morgan fingerprint density at radius 2 is 2.29 bits per heavy atom. The van der Waals surface area contributed by atoms with E-state index in [1.54, 1.807) is 13.2 Å². The predicted octanol–water partition coefficient (Wildman–Crippen LogP) is 2.53. The molecule has 5 N–H and O–H groups in total. The highest BCUT2D eigenvalue weighted by molar-refractivity contribution is 6.38. The van der Waals surface area contributed by atoms with Crippen LogP contribution in [0.3, 0.4) is 0 Å². The third-order valence-electron chi connectivity index (χ3n) is 5.62. The van der Waals surface area contributed by atoms with Crippen LogP contribution in [0.4, 0.5) is 5.82 Å². The molecule has 0 fully saturated rings. The van der Waals surface area contributed by atoms with E-state index < -0.39 is 0 Å². The molecule has 198 valence electrons. The second-order valence-corrected chi connectivity index (χ2v) is 8.42. The van der Waals surface area contributed by atoms with E-state index in [1.807, 2.05) is 31.2 Å². The number of hydrogen-bond donors (Lipinski definition) is 4. The molecule has 1 aromatic rings. The molecule has 1 heterocycles. The van der Waals surface area contributed by atoms with Crippen LogP contribution in [0.1, 0.15) is 30.9 Å². The summed E-state index contributed by atoms with van der Waals surface area (Å²) in [7, 11) is 1.65. The van der Waals surface area contributed by atoms with Gasteiger partial charge in [0.2, 0.25) is 0 Å². The van der Waals surface area contributed by atoms with Gasteiger partial charge in [-0.3, -0.25) is 26.0 Å². The molecule has 2 rings (SSSR count). The number of carbonyl (C=O) groups excluding carboxylic acids is 1. The number of aromatic nitrogens is 1. The summed E-state index contributed by atoms with van der Waals surface area (Å²) in [6, 6.07) is 6.24. The maximum absolute atomic E-state index is 12.3. The minimum Gasteiger partial charge on any atom is -0.337 e. The van der Waals surface area contributed by atoms with E-state index in [1.165, 1.54) is 11.1 Å². The fourth-order valence-corrected chi connectivity index (χ4v) is 3.56. The van der Waals surface area contributed by atoms with E-state index in [4.69, 9.17) is 12.2 Å². The van der Waals surface area contributed by atoms with Crippen LogP contribution in [0.25, 0.3) is 5.57 Å². The maximum atomic E-state index is 12.3. The third-order valence-corrected chi connectivity index (χ3v) is 5.62. The van der Waals surface area contributed by atoms with Crippen LogP contribution in [-0.4, -0.2) is 54.5 Å². The number of nitrogens with one attached hydrogen (secondary N) is 3. The molecule has 1 aliphatic carbocycles. The van der Waals surface area contributed by atoms with Crippen LogP contribution in [0.5, 0.6) is 0 Å². The molecular weight excluding hydrogens is 478 g/mol. The number of allylic oxidation sites excluding steroid dienone is 4. The van der Waals surface area contributed by atoms with Crippen molar-refractivity contribution in [2.24, 2.45) is 21.6 Å². The van der Waals surface area contributed by atoms with Gasteiger partial charge in [-0.1, -0.05) is 43.4 Å². The average Bonchev–Trinajstić information content (AvgIpc) is 3.19. The Bertz CT molecular complexity index is 1210. The standard InChI is InChI=1S/C28H35N9O/c1-5-7-13-37(4)28(38)21(3)35-26(16-30)19-32-20-31-17-22-9-8-10-23(12-11-22)25-14-24(15-29)27(33-18-25)36-34-6-2/h2,5,7,10-12,14,18-19,22,31,34H,3,8-9,13,15,17,20,29H2,1,4H3,(H,33,36)/b7-5+,32-19-,35-26-.